The minimum Gasteiger partial charge on any atom is -0.496 e. The Labute approximate surface area is 131 Å². The zero-order valence-corrected chi connectivity index (χ0v) is 14.3. The molecule has 0 saturated heterocycles. The molecule has 21 heavy (non-hydrogen) atoms. The molecule has 4 heteroatoms. The molecule has 0 atom stereocenters. The molecule has 2 aromatic rings. The monoisotopic (exact) mass is 304 g/mol. The number of rotatable bonds is 5. The summed E-state index contributed by atoms with van der Waals surface area (Å²) in [6, 6.07) is 8.09. The normalized spacial score (nSPS) is 12.0. The Morgan fingerprint density at radius 1 is 1.29 bits per heavy atom. The Hall–Kier alpha value is -1.39. The first kappa shape index (κ1) is 16.0. The van der Waals surface area contributed by atoms with E-state index in [0.29, 0.717) is 5.92 Å². The summed E-state index contributed by atoms with van der Waals surface area (Å²) in [5, 5.41) is 1.09. The molecule has 0 fully saturated rings. The van der Waals surface area contributed by atoms with Gasteiger partial charge in [-0.2, -0.15) is 0 Å². The van der Waals surface area contributed by atoms with Crippen LogP contribution in [0.25, 0.3) is 0 Å². The van der Waals surface area contributed by atoms with Crippen molar-refractivity contribution in [2.75, 3.05) is 7.11 Å². The number of hydrogen-bond acceptors (Lipinski definition) is 4. The van der Waals surface area contributed by atoms with Crippen LogP contribution in [-0.2, 0) is 12.0 Å². The van der Waals surface area contributed by atoms with Gasteiger partial charge in [-0.25, -0.2) is 4.98 Å². The lowest BCUT2D eigenvalue weighted by Crippen LogP contribution is -2.28. The van der Waals surface area contributed by atoms with Crippen molar-refractivity contribution in [3.05, 3.63) is 45.4 Å². The quantitative estimate of drug-likeness (QED) is 0.906. The van der Waals surface area contributed by atoms with Crippen LogP contribution >= 0.6 is 11.3 Å². The summed E-state index contributed by atoms with van der Waals surface area (Å²) in [5.41, 5.74) is 8.23. The van der Waals surface area contributed by atoms with Crippen LogP contribution in [0.2, 0.25) is 0 Å². The third-order valence-electron chi connectivity index (χ3n) is 3.36. The second-order valence-corrected chi connectivity index (χ2v) is 7.27. The minimum absolute atomic E-state index is 0.351. The molecule has 2 rings (SSSR count). The molecule has 3 nitrogen and oxygen atoms in total. The zero-order valence-electron chi connectivity index (χ0n) is 13.4. The molecule has 1 aromatic carbocycles. The van der Waals surface area contributed by atoms with Crippen molar-refractivity contribution in [1.82, 2.24) is 4.98 Å². The van der Waals surface area contributed by atoms with Gasteiger partial charge in [0.15, 0.2) is 0 Å². The molecule has 114 valence electrons. The van der Waals surface area contributed by atoms with Crippen molar-refractivity contribution >= 4 is 11.3 Å². The standard InChI is InChI=1S/C17H24N2OS/c1-11(2)15-16(17(3,4)18)21-14(19-15)10-12-8-6-7-9-13(12)20-5/h6-9,11H,10,18H2,1-5H3. The van der Waals surface area contributed by atoms with Crippen molar-refractivity contribution in [2.24, 2.45) is 5.73 Å². The fraction of sp³-hybridized carbons (Fsp3) is 0.471. The second-order valence-electron chi connectivity index (χ2n) is 6.19. The van der Waals surface area contributed by atoms with Crippen molar-refractivity contribution < 1.29 is 4.74 Å². The Balaban J connectivity index is 2.37. The maximum atomic E-state index is 6.30. The topological polar surface area (TPSA) is 48.1 Å². The maximum Gasteiger partial charge on any atom is 0.122 e. The number of thiazole rings is 1. The number of ether oxygens (including phenoxy) is 1. The number of nitrogens with zero attached hydrogens (tertiary/aromatic N) is 1. The number of para-hydroxylation sites is 1. The average molecular weight is 304 g/mol. The van der Waals surface area contributed by atoms with Crippen LogP contribution in [0.5, 0.6) is 5.75 Å². The third-order valence-corrected chi connectivity index (χ3v) is 4.77. The van der Waals surface area contributed by atoms with Gasteiger partial charge in [0.25, 0.3) is 0 Å². The van der Waals surface area contributed by atoms with E-state index in [1.54, 1.807) is 18.4 Å². The molecule has 0 spiro atoms. The first-order valence-corrected chi connectivity index (χ1v) is 8.05. The minimum atomic E-state index is -0.351. The fourth-order valence-electron chi connectivity index (χ4n) is 2.32. The summed E-state index contributed by atoms with van der Waals surface area (Å²) >= 11 is 1.72. The lowest BCUT2D eigenvalue weighted by Gasteiger charge is -2.19. The van der Waals surface area contributed by atoms with Crippen molar-refractivity contribution in [2.45, 2.75) is 45.6 Å². The summed E-state index contributed by atoms with van der Waals surface area (Å²) in [6.07, 6.45) is 0.782. The summed E-state index contributed by atoms with van der Waals surface area (Å²) in [7, 11) is 1.70. The van der Waals surface area contributed by atoms with Gasteiger partial charge in [0.1, 0.15) is 5.75 Å². The molecule has 0 aliphatic rings. The van der Waals surface area contributed by atoms with Crippen molar-refractivity contribution in [1.29, 1.82) is 0 Å². The Morgan fingerprint density at radius 3 is 2.48 bits per heavy atom. The highest BCUT2D eigenvalue weighted by molar-refractivity contribution is 7.12. The Kier molecular flexibility index (Phi) is 4.69. The molecule has 0 aliphatic heterocycles. The first-order chi connectivity index (χ1) is 9.82. The van der Waals surface area contributed by atoms with E-state index in [-0.39, 0.29) is 5.54 Å². The van der Waals surface area contributed by atoms with Crippen LogP contribution in [0.1, 0.15) is 54.8 Å². The SMILES string of the molecule is COc1ccccc1Cc1nc(C(C)C)c(C(C)(C)N)s1. The van der Waals surface area contributed by atoms with Crippen LogP contribution < -0.4 is 10.5 Å². The van der Waals surface area contributed by atoms with Gasteiger partial charge in [-0.3, -0.25) is 0 Å². The van der Waals surface area contributed by atoms with E-state index in [1.165, 1.54) is 4.88 Å². The zero-order chi connectivity index (χ0) is 15.6. The molecule has 1 aromatic heterocycles. The van der Waals surface area contributed by atoms with E-state index in [4.69, 9.17) is 15.5 Å². The molecule has 0 unspecified atom stereocenters. The molecule has 0 saturated carbocycles. The Morgan fingerprint density at radius 2 is 1.95 bits per heavy atom. The molecule has 0 amide bonds. The van der Waals surface area contributed by atoms with Crippen LogP contribution in [-0.4, -0.2) is 12.1 Å². The van der Waals surface area contributed by atoms with Gasteiger partial charge in [-0.05, 0) is 25.8 Å². The summed E-state index contributed by atoms with van der Waals surface area (Å²) in [4.78, 5) is 6.01. The Bertz CT molecular complexity index is 611. The van der Waals surface area contributed by atoms with Gasteiger partial charge in [0.2, 0.25) is 0 Å². The van der Waals surface area contributed by atoms with Crippen molar-refractivity contribution in [3.8, 4) is 5.75 Å². The number of nitrogens with two attached hydrogens (primary N) is 1. The highest BCUT2D eigenvalue weighted by atomic mass is 32.1. The molecule has 0 bridgehead atoms. The van der Waals surface area contributed by atoms with E-state index in [9.17, 15) is 0 Å². The van der Waals surface area contributed by atoms with Gasteiger partial charge >= 0.3 is 0 Å². The van der Waals surface area contributed by atoms with Gasteiger partial charge in [-0.15, -0.1) is 11.3 Å². The first-order valence-electron chi connectivity index (χ1n) is 7.23. The number of hydrogen-bond donors (Lipinski definition) is 1. The van der Waals surface area contributed by atoms with E-state index >= 15 is 0 Å². The van der Waals surface area contributed by atoms with E-state index in [0.717, 1.165) is 28.4 Å². The number of benzene rings is 1. The lowest BCUT2D eigenvalue weighted by atomic mass is 9.98. The average Bonchev–Trinajstić information content (AvgIpc) is 2.83. The molecule has 0 radical (unpaired) electrons. The predicted octanol–water partition coefficient (Wildman–Crippen LogP) is 4.06. The summed E-state index contributed by atoms with van der Waals surface area (Å²) < 4.78 is 5.42. The molecular weight excluding hydrogens is 280 g/mol. The highest BCUT2D eigenvalue weighted by Gasteiger charge is 2.25. The second kappa shape index (κ2) is 6.16. The lowest BCUT2D eigenvalue weighted by molar-refractivity contribution is 0.410. The van der Waals surface area contributed by atoms with Crippen molar-refractivity contribution in [3.63, 3.8) is 0 Å². The maximum absolute atomic E-state index is 6.30. The van der Waals surface area contributed by atoms with Gasteiger partial charge in [0, 0.05) is 22.4 Å². The van der Waals surface area contributed by atoms with Crippen LogP contribution in [0.4, 0.5) is 0 Å². The molecule has 2 N–H and O–H groups in total. The predicted molar refractivity (Wildman–Crippen MR) is 89.2 cm³/mol. The molecule has 0 aliphatic carbocycles. The van der Waals surface area contributed by atoms with E-state index in [2.05, 4.69) is 19.9 Å². The summed E-state index contributed by atoms with van der Waals surface area (Å²) in [6.45, 7) is 8.41. The van der Waals surface area contributed by atoms with Gasteiger partial charge < -0.3 is 10.5 Å². The van der Waals surface area contributed by atoms with Crippen LogP contribution in [0.3, 0.4) is 0 Å². The highest BCUT2D eigenvalue weighted by Crippen LogP contribution is 2.34. The van der Waals surface area contributed by atoms with Crippen LogP contribution in [0, 0.1) is 0 Å². The smallest absolute Gasteiger partial charge is 0.122 e. The van der Waals surface area contributed by atoms with E-state index in [1.807, 2.05) is 32.0 Å². The van der Waals surface area contributed by atoms with Gasteiger partial charge in [-0.1, -0.05) is 32.0 Å². The third kappa shape index (κ3) is 3.63. The number of methoxy groups -OCH3 is 1. The largest absolute Gasteiger partial charge is 0.496 e. The number of aromatic nitrogens is 1. The van der Waals surface area contributed by atoms with Crippen LogP contribution in [0.15, 0.2) is 24.3 Å². The molecule has 1 heterocycles. The summed E-state index contributed by atoms with van der Waals surface area (Å²) in [5.74, 6) is 1.29. The fourth-order valence-corrected chi connectivity index (χ4v) is 3.57. The van der Waals surface area contributed by atoms with Gasteiger partial charge in [0.05, 0.1) is 17.8 Å². The molecular formula is C17H24N2OS. The van der Waals surface area contributed by atoms with E-state index < -0.39 is 0 Å².